The molecule has 0 bridgehead atoms. The molecule has 2 heterocycles. The number of aliphatic hydroxyl groups excluding tert-OH is 6. The van der Waals surface area contributed by atoms with E-state index < -0.39 is 79.2 Å². The summed E-state index contributed by atoms with van der Waals surface area (Å²) in [5, 5.41) is 85.8. The van der Waals surface area contributed by atoms with Crippen LogP contribution in [0.25, 0.3) is 0 Å². The van der Waals surface area contributed by atoms with E-state index >= 15 is 0 Å². The summed E-state index contributed by atoms with van der Waals surface area (Å²) in [6.45, 7) is 18.2. The minimum atomic E-state index is -1.45. The molecule has 12 nitrogen and oxygen atoms in total. The summed E-state index contributed by atoms with van der Waals surface area (Å²) >= 11 is 0. The highest BCUT2D eigenvalue weighted by Crippen LogP contribution is 2.76. The fourth-order valence-electron chi connectivity index (χ4n) is 13.0. The maximum Gasteiger partial charge on any atom is 0.186 e. The second kappa shape index (κ2) is 14.3. The van der Waals surface area contributed by atoms with Crippen LogP contribution in [0.15, 0.2) is 12.2 Å². The van der Waals surface area contributed by atoms with Crippen molar-refractivity contribution in [3.8, 4) is 0 Å². The highest BCUT2D eigenvalue weighted by atomic mass is 16.7. The molecule has 0 spiro atoms. The molecule has 10 unspecified atom stereocenters. The number of hydrogen-bond donors (Lipinski definition) is 8. The summed E-state index contributed by atoms with van der Waals surface area (Å²) in [6, 6.07) is 0. The van der Waals surface area contributed by atoms with E-state index in [0.717, 1.165) is 32.1 Å². The minimum Gasteiger partial charge on any atom is -0.394 e. The van der Waals surface area contributed by atoms with Crippen molar-refractivity contribution in [2.75, 3.05) is 6.61 Å². The number of fused-ring (bicyclic) bond motifs is 5. The Morgan fingerprint density at radius 2 is 1.36 bits per heavy atom. The molecule has 2 saturated heterocycles. The first-order valence-electron chi connectivity index (χ1n) is 20.2. The molecular formula is C41H70O12. The maximum atomic E-state index is 12.2. The quantitative estimate of drug-likeness (QED) is 0.127. The third-order valence-corrected chi connectivity index (χ3v) is 16.1. The van der Waals surface area contributed by atoms with Gasteiger partial charge in [-0.05, 0) is 124 Å². The van der Waals surface area contributed by atoms with Gasteiger partial charge in [-0.25, -0.2) is 0 Å². The van der Waals surface area contributed by atoms with Crippen molar-refractivity contribution < 1.29 is 59.8 Å². The molecule has 306 valence electrons. The lowest BCUT2D eigenvalue weighted by molar-refractivity contribution is -0.332. The van der Waals surface area contributed by atoms with E-state index in [-0.39, 0.29) is 51.4 Å². The largest absolute Gasteiger partial charge is 0.394 e. The molecule has 19 atom stereocenters. The van der Waals surface area contributed by atoms with Crippen molar-refractivity contribution in [1.82, 2.24) is 0 Å². The Bertz CT molecular complexity index is 1330. The predicted octanol–water partition coefficient (Wildman–Crippen LogP) is 2.79. The van der Waals surface area contributed by atoms with Gasteiger partial charge in [-0.2, -0.15) is 0 Å². The van der Waals surface area contributed by atoms with Gasteiger partial charge in [0.05, 0.1) is 36.1 Å². The third-order valence-electron chi connectivity index (χ3n) is 16.1. The van der Waals surface area contributed by atoms with Gasteiger partial charge in [0.15, 0.2) is 12.6 Å². The first kappa shape index (κ1) is 41.9. The molecule has 2 aliphatic heterocycles. The average Bonchev–Trinajstić information content (AvgIpc) is 3.57. The van der Waals surface area contributed by atoms with Crippen LogP contribution in [0.1, 0.15) is 114 Å². The molecule has 0 radical (unpaired) electrons. The first-order valence-corrected chi connectivity index (χ1v) is 20.2. The molecule has 6 rings (SSSR count). The lowest BCUT2D eigenvalue weighted by atomic mass is 9.35. The number of hydrogen-bond acceptors (Lipinski definition) is 12. The number of ether oxygens (including phenoxy) is 4. The van der Waals surface area contributed by atoms with Crippen LogP contribution in [0.4, 0.5) is 0 Å². The lowest BCUT2D eigenvalue weighted by Crippen LogP contribution is -2.68. The van der Waals surface area contributed by atoms with E-state index in [9.17, 15) is 40.9 Å². The van der Waals surface area contributed by atoms with Crippen LogP contribution in [0.5, 0.6) is 0 Å². The van der Waals surface area contributed by atoms with Gasteiger partial charge in [0.1, 0.15) is 36.6 Å². The van der Waals surface area contributed by atoms with E-state index in [0.29, 0.717) is 19.3 Å². The van der Waals surface area contributed by atoms with Gasteiger partial charge in [-0.1, -0.05) is 46.8 Å². The standard InChI is InChI=1S/C41H70O12/c1-21-29(43)31(45)33(47)34(50-21)51-23-19-26-38(6)16-13-27(53-35-32(46)30(44)24(20-42)52-35)37(4,5)25(38)12-18-39(26,7)40(8)17-11-22(28(23)40)41(9,49)15-10-14-36(2,3)48/h10,14,21-35,42-49H,11-13,15-20H2,1-9H3/b14-10+/t21-,22?,23?,24+,25?,26?,27?,28?,29-,30+,31+,32-,33-,34+,35+,38?,39?,40?,41?/m1/s1. The van der Waals surface area contributed by atoms with Crippen molar-refractivity contribution in [3.05, 3.63) is 12.2 Å². The van der Waals surface area contributed by atoms with E-state index in [1.54, 1.807) is 26.8 Å². The van der Waals surface area contributed by atoms with Crippen LogP contribution in [0.3, 0.4) is 0 Å². The van der Waals surface area contributed by atoms with Gasteiger partial charge in [0.2, 0.25) is 0 Å². The number of rotatable bonds is 9. The average molecular weight is 755 g/mol. The Morgan fingerprint density at radius 1 is 0.736 bits per heavy atom. The van der Waals surface area contributed by atoms with Gasteiger partial charge in [0.25, 0.3) is 0 Å². The topological polar surface area (TPSA) is 199 Å². The first-order chi connectivity index (χ1) is 24.4. The van der Waals surface area contributed by atoms with Crippen LogP contribution in [0.2, 0.25) is 0 Å². The highest BCUT2D eigenvalue weighted by Gasteiger charge is 2.72. The molecule has 6 aliphatic rings. The fraction of sp³-hybridized carbons (Fsp3) is 0.951. The highest BCUT2D eigenvalue weighted by molar-refractivity contribution is 5.21. The van der Waals surface area contributed by atoms with Crippen molar-refractivity contribution in [2.24, 2.45) is 45.3 Å². The summed E-state index contributed by atoms with van der Waals surface area (Å²) in [5.74, 6) is 0.147. The van der Waals surface area contributed by atoms with Crippen LogP contribution < -0.4 is 0 Å². The maximum absolute atomic E-state index is 12.2. The lowest BCUT2D eigenvalue weighted by Gasteiger charge is -2.71. The Kier molecular flexibility index (Phi) is 11.3. The second-order valence-corrected chi connectivity index (χ2v) is 20.1. The van der Waals surface area contributed by atoms with Crippen LogP contribution in [0, 0.1) is 45.3 Å². The summed E-state index contributed by atoms with van der Waals surface area (Å²) in [4.78, 5) is 0. The van der Waals surface area contributed by atoms with E-state index in [4.69, 9.17) is 18.9 Å². The SMILES string of the molecule is C[C@H]1O[C@@H](OC2CC3C4(C)CCC(O[C@@H]5O[C@@H](CO)[C@H](O)[C@H]5O)C(C)(C)C4CCC3(C)C3(C)CCC(C(C)(O)C/C=C/C(C)(C)O)C23)[C@H](O)[C@@H](O)[C@@H]1O. The van der Waals surface area contributed by atoms with Crippen molar-refractivity contribution in [3.63, 3.8) is 0 Å². The minimum absolute atomic E-state index is 0.107. The molecule has 6 fully saturated rings. The Balaban J connectivity index is 1.33. The van der Waals surface area contributed by atoms with Gasteiger partial charge >= 0.3 is 0 Å². The van der Waals surface area contributed by atoms with E-state index in [1.807, 2.05) is 13.0 Å². The van der Waals surface area contributed by atoms with Gasteiger partial charge < -0.3 is 59.8 Å². The monoisotopic (exact) mass is 754 g/mol. The molecule has 4 aliphatic carbocycles. The molecule has 0 aromatic carbocycles. The number of aliphatic hydroxyl groups is 8. The van der Waals surface area contributed by atoms with Crippen LogP contribution in [-0.4, -0.2) is 126 Å². The summed E-state index contributed by atoms with van der Waals surface area (Å²) in [6.07, 6.45) is -1.40. The Labute approximate surface area is 315 Å². The molecular weight excluding hydrogens is 684 g/mol. The molecule has 0 aromatic rings. The van der Waals surface area contributed by atoms with Gasteiger partial charge in [0, 0.05) is 0 Å². The normalized spacial score (nSPS) is 52.5. The molecule has 0 amide bonds. The summed E-state index contributed by atoms with van der Waals surface area (Å²) in [7, 11) is 0. The molecule has 0 aromatic heterocycles. The summed E-state index contributed by atoms with van der Waals surface area (Å²) < 4.78 is 25.2. The zero-order valence-corrected chi connectivity index (χ0v) is 33.4. The van der Waals surface area contributed by atoms with Crippen molar-refractivity contribution in [2.45, 2.75) is 192 Å². The van der Waals surface area contributed by atoms with Crippen LogP contribution in [-0.2, 0) is 18.9 Å². The van der Waals surface area contributed by atoms with Crippen LogP contribution >= 0.6 is 0 Å². The van der Waals surface area contributed by atoms with Gasteiger partial charge in [-0.3, -0.25) is 0 Å². The summed E-state index contributed by atoms with van der Waals surface area (Å²) in [5.41, 5.74) is -3.00. The second-order valence-electron chi connectivity index (χ2n) is 20.1. The Hall–Kier alpha value is -0.740. The Morgan fingerprint density at radius 3 is 1.98 bits per heavy atom. The molecule has 8 N–H and O–H groups in total. The molecule has 12 heteroatoms. The molecule has 53 heavy (non-hydrogen) atoms. The fourth-order valence-corrected chi connectivity index (χ4v) is 13.0. The smallest absolute Gasteiger partial charge is 0.186 e. The van der Waals surface area contributed by atoms with E-state index in [2.05, 4.69) is 34.6 Å². The third kappa shape index (κ3) is 6.90. The zero-order valence-electron chi connectivity index (χ0n) is 33.4. The molecule has 4 saturated carbocycles. The predicted molar refractivity (Wildman–Crippen MR) is 195 cm³/mol. The zero-order chi connectivity index (χ0) is 39.3. The van der Waals surface area contributed by atoms with Crippen molar-refractivity contribution >= 4 is 0 Å². The van der Waals surface area contributed by atoms with Crippen molar-refractivity contribution in [1.29, 1.82) is 0 Å². The van der Waals surface area contributed by atoms with Gasteiger partial charge in [-0.15, -0.1) is 0 Å². The van der Waals surface area contributed by atoms with E-state index in [1.165, 1.54) is 0 Å².